The van der Waals surface area contributed by atoms with E-state index in [9.17, 15) is 14.3 Å². The van der Waals surface area contributed by atoms with Gasteiger partial charge in [0, 0.05) is 23.2 Å². The summed E-state index contributed by atoms with van der Waals surface area (Å²) in [6, 6.07) is 12.4. The Bertz CT molecular complexity index is 680. The first-order valence-electron chi connectivity index (χ1n) is 7.10. The van der Waals surface area contributed by atoms with Crippen LogP contribution in [0.5, 0.6) is 5.75 Å². The van der Waals surface area contributed by atoms with E-state index >= 15 is 0 Å². The second kappa shape index (κ2) is 7.94. The maximum Gasteiger partial charge on any atom is 0.260 e. The van der Waals surface area contributed by atoms with Gasteiger partial charge in [0.05, 0.1) is 6.10 Å². The van der Waals surface area contributed by atoms with Crippen LogP contribution in [-0.4, -0.2) is 23.7 Å². The van der Waals surface area contributed by atoms with Gasteiger partial charge in [-0.3, -0.25) is 4.79 Å². The van der Waals surface area contributed by atoms with Gasteiger partial charge in [-0.1, -0.05) is 35.9 Å². The van der Waals surface area contributed by atoms with Crippen LogP contribution in [-0.2, 0) is 4.79 Å². The van der Waals surface area contributed by atoms with Crippen molar-refractivity contribution in [2.24, 2.45) is 0 Å². The van der Waals surface area contributed by atoms with Crippen LogP contribution in [0.3, 0.4) is 0 Å². The minimum Gasteiger partial charge on any atom is -0.481 e. The highest BCUT2D eigenvalue weighted by Crippen LogP contribution is 2.22. The number of carbonyl (C=O) groups is 1. The van der Waals surface area contributed by atoms with Gasteiger partial charge in [0.1, 0.15) is 11.6 Å². The average Bonchev–Trinajstić information content (AvgIpc) is 2.52. The van der Waals surface area contributed by atoms with Crippen molar-refractivity contribution in [3.05, 3.63) is 64.9 Å². The zero-order valence-corrected chi connectivity index (χ0v) is 13.3. The van der Waals surface area contributed by atoms with Gasteiger partial charge in [-0.25, -0.2) is 4.39 Å². The number of nitrogens with one attached hydrogen (secondary N) is 1. The van der Waals surface area contributed by atoms with Crippen molar-refractivity contribution in [2.45, 2.75) is 19.1 Å². The van der Waals surface area contributed by atoms with Crippen molar-refractivity contribution >= 4 is 17.5 Å². The third-order valence-corrected chi connectivity index (χ3v) is 3.56. The number of hydrogen-bond acceptors (Lipinski definition) is 3. The van der Waals surface area contributed by atoms with Crippen LogP contribution in [0.2, 0.25) is 5.02 Å². The lowest BCUT2D eigenvalue weighted by Gasteiger charge is -2.17. The minimum atomic E-state index is -0.922. The lowest BCUT2D eigenvalue weighted by atomic mass is 10.1. The Morgan fingerprint density at radius 2 is 2.04 bits per heavy atom. The molecule has 0 saturated heterocycles. The standard InChI is InChI=1S/C17H17ClFNO3/c1-11(23-13-6-4-5-12(19)9-13)17(22)20-10-16(21)14-7-2-3-8-15(14)18/h2-9,11,16,21H,10H2,1H3,(H,20,22). The van der Waals surface area contributed by atoms with Crippen LogP contribution in [0.15, 0.2) is 48.5 Å². The van der Waals surface area contributed by atoms with Gasteiger partial charge in [-0.15, -0.1) is 0 Å². The van der Waals surface area contributed by atoms with E-state index in [1.165, 1.54) is 18.2 Å². The molecule has 0 heterocycles. The first-order chi connectivity index (χ1) is 11.0. The highest BCUT2D eigenvalue weighted by atomic mass is 35.5. The quantitative estimate of drug-likeness (QED) is 0.851. The summed E-state index contributed by atoms with van der Waals surface area (Å²) < 4.78 is 18.4. The Hall–Kier alpha value is -2.11. The van der Waals surface area contributed by atoms with E-state index in [0.29, 0.717) is 10.6 Å². The number of aliphatic hydroxyl groups excluding tert-OH is 1. The van der Waals surface area contributed by atoms with Crippen molar-refractivity contribution in [1.82, 2.24) is 5.32 Å². The molecule has 1 amide bonds. The van der Waals surface area contributed by atoms with Crippen molar-refractivity contribution in [3.63, 3.8) is 0 Å². The minimum absolute atomic E-state index is 0.000578. The SMILES string of the molecule is CC(Oc1cccc(F)c1)C(=O)NCC(O)c1ccccc1Cl. The summed E-state index contributed by atoms with van der Waals surface area (Å²) >= 11 is 5.99. The van der Waals surface area contributed by atoms with Crippen LogP contribution < -0.4 is 10.1 Å². The highest BCUT2D eigenvalue weighted by Gasteiger charge is 2.17. The third kappa shape index (κ3) is 4.94. The molecule has 0 saturated carbocycles. The fourth-order valence-electron chi connectivity index (χ4n) is 1.99. The van der Waals surface area contributed by atoms with Gasteiger partial charge in [0.2, 0.25) is 0 Å². The predicted octanol–water partition coefficient (Wildman–Crippen LogP) is 3.10. The average molecular weight is 338 g/mol. The Kier molecular flexibility index (Phi) is 5.96. The topological polar surface area (TPSA) is 58.6 Å². The number of aliphatic hydroxyl groups is 1. The van der Waals surface area contributed by atoms with Gasteiger partial charge < -0.3 is 15.2 Å². The van der Waals surface area contributed by atoms with E-state index in [4.69, 9.17) is 16.3 Å². The smallest absolute Gasteiger partial charge is 0.260 e. The highest BCUT2D eigenvalue weighted by molar-refractivity contribution is 6.31. The molecule has 122 valence electrons. The first-order valence-corrected chi connectivity index (χ1v) is 7.47. The molecule has 0 aliphatic carbocycles. The van der Waals surface area contributed by atoms with Crippen LogP contribution in [0.25, 0.3) is 0 Å². The van der Waals surface area contributed by atoms with Gasteiger partial charge in [0.15, 0.2) is 6.10 Å². The molecule has 0 aliphatic rings. The maximum atomic E-state index is 13.1. The molecule has 0 fully saturated rings. The number of amides is 1. The number of rotatable bonds is 6. The maximum absolute atomic E-state index is 13.1. The number of carbonyl (C=O) groups excluding carboxylic acids is 1. The molecule has 6 heteroatoms. The van der Waals surface area contributed by atoms with E-state index in [-0.39, 0.29) is 12.3 Å². The molecule has 0 bridgehead atoms. The van der Waals surface area contributed by atoms with Crippen LogP contribution in [0.4, 0.5) is 4.39 Å². The lowest BCUT2D eigenvalue weighted by molar-refractivity contribution is -0.127. The zero-order valence-electron chi connectivity index (χ0n) is 12.5. The number of benzene rings is 2. The van der Waals surface area contributed by atoms with Gasteiger partial charge in [-0.05, 0) is 25.1 Å². The number of halogens is 2. The molecule has 0 spiro atoms. The van der Waals surface area contributed by atoms with E-state index in [1.54, 1.807) is 37.3 Å². The Morgan fingerprint density at radius 3 is 2.74 bits per heavy atom. The molecule has 2 aromatic rings. The fraction of sp³-hybridized carbons (Fsp3) is 0.235. The molecule has 2 aromatic carbocycles. The summed E-state index contributed by atoms with van der Waals surface area (Å²) in [5.74, 6) is -0.594. The molecule has 0 aromatic heterocycles. The number of hydrogen-bond donors (Lipinski definition) is 2. The van der Waals surface area contributed by atoms with Gasteiger partial charge in [0.25, 0.3) is 5.91 Å². The van der Waals surface area contributed by atoms with Crippen molar-refractivity contribution in [3.8, 4) is 5.75 Å². The monoisotopic (exact) mass is 337 g/mol. The van der Waals surface area contributed by atoms with E-state index in [0.717, 1.165) is 0 Å². The number of ether oxygens (including phenoxy) is 1. The van der Waals surface area contributed by atoms with Crippen LogP contribution >= 0.6 is 11.6 Å². The summed E-state index contributed by atoms with van der Waals surface area (Å²) in [6.45, 7) is 1.54. The summed E-state index contributed by atoms with van der Waals surface area (Å²) in [6.07, 6.45) is -1.75. The van der Waals surface area contributed by atoms with E-state index in [1.807, 2.05) is 0 Å². The van der Waals surface area contributed by atoms with Crippen molar-refractivity contribution in [2.75, 3.05) is 6.54 Å². The van der Waals surface area contributed by atoms with E-state index < -0.39 is 23.9 Å². The van der Waals surface area contributed by atoms with Crippen molar-refractivity contribution < 1.29 is 19.0 Å². The molecular weight excluding hydrogens is 321 g/mol. The summed E-state index contributed by atoms with van der Waals surface area (Å²) in [4.78, 5) is 12.0. The zero-order chi connectivity index (χ0) is 16.8. The molecule has 23 heavy (non-hydrogen) atoms. The summed E-state index contributed by atoms with van der Waals surface area (Å²) in [5, 5.41) is 13.1. The molecule has 2 rings (SSSR count). The van der Waals surface area contributed by atoms with Crippen LogP contribution in [0, 0.1) is 5.82 Å². The molecule has 2 unspecified atom stereocenters. The Morgan fingerprint density at radius 1 is 1.30 bits per heavy atom. The van der Waals surface area contributed by atoms with Gasteiger partial charge >= 0.3 is 0 Å². The normalized spacial score (nSPS) is 13.2. The predicted molar refractivity (Wildman–Crippen MR) is 85.9 cm³/mol. The second-order valence-electron chi connectivity index (χ2n) is 5.00. The van der Waals surface area contributed by atoms with Crippen molar-refractivity contribution in [1.29, 1.82) is 0 Å². The Labute approximate surface area is 138 Å². The molecule has 0 aliphatic heterocycles. The van der Waals surface area contributed by atoms with E-state index in [2.05, 4.69) is 5.32 Å². The summed E-state index contributed by atoms with van der Waals surface area (Å²) in [5.41, 5.74) is 0.535. The third-order valence-electron chi connectivity index (χ3n) is 3.21. The largest absolute Gasteiger partial charge is 0.481 e. The lowest BCUT2D eigenvalue weighted by Crippen LogP contribution is -2.38. The first kappa shape index (κ1) is 17.2. The molecule has 0 radical (unpaired) electrons. The molecular formula is C17H17ClFNO3. The molecule has 2 N–H and O–H groups in total. The fourth-order valence-corrected chi connectivity index (χ4v) is 2.26. The summed E-state index contributed by atoms with van der Waals surface area (Å²) in [7, 11) is 0. The van der Waals surface area contributed by atoms with Crippen LogP contribution in [0.1, 0.15) is 18.6 Å². The Balaban J connectivity index is 1.88. The second-order valence-corrected chi connectivity index (χ2v) is 5.41. The molecule has 4 nitrogen and oxygen atoms in total. The van der Waals surface area contributed by atoms with Gasteiger partial charge in [-0.2, -0.15) is 0 Å². The molecule has 2 atom stereocenters.